The van der Waals surface area contributed by atoms with Crippen molar-refractivity contribution in [3.63, 3.8) is 0 Å². The van der Waals surface area contributed by atoms with Crippen molar-refractivity contribution in [2.24, 2.45) is 40.4 Å². The summed E-state index contributed by atoms with van der Waals surface area (Å²) in [5.41, 5.74) is 0.304. The van der Waals surface area contributed by atoms with Crippen molar-refractivity contribution in [3.8, 4) is 0 Å². The van der Waals surface area contributed by atoms with Crippen molar-refractivity contribution in [2.45, 2.75) is 90.4 Å². The van der Waals surface area contributed by atoms with Gasteiger partial charge in [0, 0.05) is 0 Å². The Morgan fingerprint density at radius 1 is 0.958 bits per heavy atom. The van der Waals surface area contributed by atoms with Gasteiger partial charge in [-0.25, -0.2) is 0 Å². The molecule has 0 aromatic heterocycles. The van der Waals surface area contributed by atoms with E-state index in [2.05, 4.69) is 13.8 Å². The van der Waals surface area contributed by atoms with Gasteiger partial charge in [-0.15, -0.1) is 0 Å². The molecule has 0 heterocycles. The molecule has 0 amide bonds. The number of rotatable bonds is 1. The van der Waals surface area contributed by atoms with Gasteiger partial charge < -0.3 is 15.3 Å². The van der Waals surface area contributed by atoms with E-state index >= 15 is 0 Å². The molecule has 0 aliphatic heterocycles. The summed E-state index contributed by atoms with van der Waals surface area (Å²) in [7, 11) is 0. The highest BCUT2D eigenvalue weighted by Crippen LogP contribution is 2.67. The smallest absolute Gasteiger partial charge is 0.0581 e. The van der Waals surface area contributed by atoms with E-state index in [1.165, 1.54) is 19.3 Å². The molecule has 4 aliphatic rings. The van der Waals surface area contributed by atoms with E-state index < -0.39 is 0 Å². The summed E-state index contributed by atoms with van der Waals surface area (Å²) in [6.45, 7) is 6.70. The molecule has 138 valence electrons. The van der Waals surface area contributed by atoms with Crippen molar-refractivity contribution in [1.82, 2.24) is 0 Å². The zero-order chi connectivity index (χ0) is 17.3. The van der Waals surface area contributed by atoms with E-state index in [-0.39, 0.29) is 29.1 Å². The van der Waals surface area contributed by atoms with Crippen LogP contribution in [0.5, 0.6) is 0 Å². The second-order valence-corrected chi connectivity index (χ2v) is 10.2. The molecule has 0 aromatic rings. The normalized spacial score (nSPS) is 58.5. The Morgan fingerprint density at radius 2 is 1.71 bits per heavy atom. The minimum absolute atomic E-state index is 0.103. The van der Waals surface area contributed by atoms with Crippen molar-refractivity contribution in [1.29, 1.82) is 0 Å². The zero-order valence-corrected chi connectivity index (χ0v) is 15.6. The third kappa shape index (κ3) is 2.27. The van der Waals surface area contributed by atoms with Crippen LogP contribution in [-0.2, 0) is 0 Å². The summed E-state index contributed by atoms with van der Waals surface area (Å²) in [4.78, 5) is 0. The lowest BCUT2D eigenvalue weighted by Crippen LogP contribution is -2.59. The third-order valence-electron chi connectivity index (χ3n) is 9.22. The number of hydrogen-bond acceptors (Lipinski definition) is 3. The van der Waals surface area contributed by atoms with Crippen LogP contribution < -0.4 is 0 Å². The van der Waals surface area contributed by atoms with Crippen LogP contribution in [0.15, 0.2) is 0 Å². The summed E-state index contributed by atoms with van der Waals surface area (Å²) < 4.78 is 0. The topological polar surface area (TPSA) is 60.7 Å². The monoisotopic (exact) mass is 336 g/mol. The fraction of sp³-hybridized carbons (Fsp3) is 1.00. The molecule has 0 aromatic carbocycles. The summed E-state index contributed by atoms with van der Waals surface area (Å²) in [6.07, 6.45) is 7.91. The molecule has 0 spiro atoms. The first-order chi connectivity index (χ1) is 11.3. The summed E-state index contributed by atoms with van der Waals surface area (Å²) in [5.74, 6) is 2.59. The molecule has 4 fully saturated rings. The van der Waals surface area contributed by atoms with Crippen LogP contribution in [0.2, 0.25) is 0 Å². The second kappa shape index (κ2) is 5.69. The molecule has 0 unspecified atom stereocenters. The number of aliphatic hydroxyl groups is 3. The van der Waals surface area contributed by atoms with Crippen molar-refractivity contribution in [2.75, 3.05) is 0 Å². The van der Waals surface area contributed by atoms with Gasteiger partial charge in [-0.05, 0) is 98.7 Å². The van der Waals surface area contributed by atoms with Gasteiger partial charge in [0.25, 0.3) is 0 Å². The minimum Gasteiger partial charge on any atom is -0.393 e. The second-order valence-electron chi connectivity index (χ2n) is 10.2. The molecule has 10 atom stereocenters. The van der Waals surface area contributed by atoms with E-state index in [0.717, 1.165) is 32.1 Å². The van der Waals surface area contributed by atoms with E-state index in [9.17, 15) is 15.3 Å². The molecular formula is C21H36O3. The molecule has 4 rings (SSSR count). The van der Waals surface area contributed by atoms with Crippen molar-refractivity contribution < 1.29 is 15.3 Å². The molecule has 0 saturated heterocycles. The Balaban J connectivity index is 1.66. The molecule has 3 nitrogen and oxygen atoms in total. The zero-order valence-electron chi connectivity index (χ0n) is 15.6. The summed E-state index contributed by atoms with van der Waals surface area (Å²) in [5, 5.41) is 31.7. The lowest BCUT2D eigenvalue weighted by Gasteiger charge is -2.62. The largest absolute Gasteiger partial charge is 0.393 e. The Labute approximate surface area is 146 Å². The number of fused-ring (bicyclic) bond motifs is 5. The fourth-order valence-electron chi connectivity index (χ4n) is 8.19. The van der Waals surface area contributed by atoms with Gasteiger partial charge in [0.1, 0.15) is 0 Å². The van der Waals surface area contributed by atoms with Crippen molar-refractivity contribution in [3.05, 3.63) is 0 Å². The highest BCUT2D eigenvalue weighted by molar-refractivity contribution is 5.12. The number of hydrogen-bond donors (Lipinski definition) is 3. The first-order valence-corrected chi connectivity index (χ1v) is 10.3. The highest BCUT2D eigenvalue weighted by Gasteiger charge is 2.63. The SMILES string of the molecule is C[C@H](O)[C@H]1CC[C@H]2[C@@H]3CC[C@H]4C[C@@H](O)CC[C@]4(C)[C@H]3[C@H](O)C[C@]12C. The van der Waals surface area contributed by atoms with Gasteiger partial charge in [-0.1, -0.05) is 13.8 Å². The highest BCUT2D eigenvalue weighted by atomic mass is 16.3. The minimum atomic E-state index is -0.263. The first-order valence-electron chi connectivity index (χ1n) is 10.3. The van der Waals surface area contributed by atoms with Crippen LogP contribution in [0, 0.1) is 40.4 Å². The first kappa shape index (κ1) is 17.3. The quantitative estimate of drug-likeness (QED) is 0.688. The maximum atomic E-state index is 11.2. The predicted octanol–water partition coefficient (Wildman–Crippen LogP) is 3.36. The van der Waals surface area contributed by atoms with Gasteiger partial charge in [-0.2, -0.15) is 0 Å². The summed E-state index contributed by atoms with van der Waals surface area (Å²) in [6, 6.07) is 0. The average Bonchev–Trinajstić information content (AvgIpc) is 2.84. The molecule has 4 aliphatic carbocycles. The Morgan fingerprint density at radius 3 is 2.42 bits per heavy atom. The van der Waals surface area contributed by atoms with Gasteiger partial charge in [0.2, 0.25) is 0 Å². The molecular weight excluding hydrogens is 300 g/mol. The molecule has 0 bridgehead atoms. The van der Waals surface area contributed by atoms with Crippen LogP contribution in [0.25, 0.3) is 0 Å². The maximum Gasteiger partial charge on any atom is 0.0581 e. The molecule has 3 heteroatoms. The average molecular weight is 337 g/mol. The Kier molecular flexibility index (Phi) is 4.10. The van der Waals surface area contributed by atoms with E-state index in [0.29, 0.717) is 29.6 Å². The maximum absolute atomic E-state index is 11.2. The molecule has 3 N–H and O–H groups in total. The van der Waals surface area contributed by atoms with Crippen LogP contribution >= 0.6 is 0 Å². The van der Waals surface area contributed by atoms with Crippen LogP contribution in [-0.4, -0.2) is 33.6 Å². The van der Waals surface area contributed by atoms with Crippen molar-refractivity contribution >= 4 is 0 Å². The van der Waals surface area contributed by atoms with Gasteiger partial charge in [0.05, 0.1) is 18.3 Å². The number of aliphatic hydroxyl groups excluding tert-OH is 3. The molecule has 0 radical (unpaired) electrons. The summed E-state index contributed by atoms with van der Waals surface area (Å²) >= 11 is 0. The third-order valence-corrected chi connectivity index (χ3v) is 9.22. The van der Waals surface area contributed by atoms with Gasteiger partial charge >= 0.3 is 0 Å². The molecule has 4 saturated carbocycles. The Hall–Kier alpha value is -0.120. The fourth-order valence-corrected chi connectivity index (χ4v) is 8.19. The van der Waals surface area contributed by atoms with Crippen LogP contribution in [0.4, 0.5) is 0 Å². The lowest BCUT2D eigenvalue weighted by atomic mass is 9.44. The van der Waals surface area contributed by atoms with E-state index in [1.54, 1.807) is 0 Å². The predicted molar refractivity (Wildman–Crippen MR) is 94.3 cm³/mol. The van der Waals surface area contributed by atoms with Gasteiger partial charge in [-0.3, -0.25) is 0 Å². The van der Waals surface area contributed by atoms with E-state index in [1.807, 2.05) is 6.92 Å². The lowest BCUT2D eigenvalue weighted by molar-refractivity contribution is -0.181. The van der Waals surface area contributed by atoms with Gasteiger partial charge in [0.15, 0.2) is 0 Å². The standard InChI is InChI=1S/C21H36O3/c1-12(22)16-6-7-17-15-5-4-13-10-14(23)8-9-20(13,2)19(15)18(24)11-21(16,17)3/h12-19,22-24H,4-11H2,1-3H3/t12-,13-,14-,15-,16+,17-,18+,19+,20-,21+/m0/s1. The Bertz CT molecular complexity index is 491. The van der Waals surface area contributed by atoms with Crippen LogP contribution in [0.3, 0.4) is 0 Å². The molecule has 24 heavy (non-hydrogen) atoms. The van der Waals surface area contributed by atoms with Crippen LogP contribution in [0.1, 0.15) is 72.1 Å². The van der Waals surface area contributed by atoms with E-state index in [4.69, 9.17) is 0 Å².